The van der Waals surface area contributed by atoms with Crippen LogP contribution in [0.3, 0.4) is 0 Å². The van der Waals surface area contributed by atoms with Gasteiger partial charge in [-0.25, -0.2) is 0 Å². The second kappa shape index (κ2) is 8.62. The number of rotatable bonds is 6. The van der Waals surface area contributed by atoms with Gasteiger partial charge >= 0.3 is 0 Å². The van der Waals surface area contributed by atoms with E-state index in [-0.39, 0.29) is 11.8 Å². The summed E-state index contributed by atoms with van der Waals surface area (Å²) in [5, 5.41) is 5.63. The number of anilines is 1. The van der Waals surface area contributed by atoms with E-state index in [1.165, 1.54) is 0 Å². The molecule has 3 aromatic rings. The molecule has 6 nitrogen and oxygen atoms in total. The number of ether oxygens (including phenoxy) is 1. The molecule has 0 saturated carbocycles. The highest BCUT2D eigenvalue weighted by Crippen LogP contribution is 2.16. The number of hydrogen-bond donors (Lipinski definition) is 2. The monoisotopic (exact) mass is 361 g/mol. The van der Waals surface area contributed by atoms with Crippen molar-refractivity contribution in [3.8, 4) is 5.75 Å². The van der Waals surface area contributed by atoms with Gasteiger partial charge in [0.2, 0.25) is 0 Å². The number of nitrogens with one attached hydrogen (secondary N) is 2. The van der Waals surface area contributed by atoms with E-state index in [0.717, 1.165) is 5.56 Å². The highest BCUT2D eigenvalue weighted by molar-refractivity contribution is 6.06. The van der Waals surface area contributed by atoms with Crippen molar-refractivity contribution in [2.75, 3.05) is 12.4 Å². The summed E-state index contributed by atoms with van der Waals surface area (Å²) in [6.07, 6.45) is 3.34. The van der Waals surface area contributed by atoms with Crippen LogP contribution in [0, 0.1) is 0 Å². The van der Waals surface area contributed by atoms with Crippen molar-refractivity contribution in [2.24, 2.45) is 0 Å². The van der Waals surface area contributed by atoms with Crippen molar-refractivity contribution in [2.45, 2.75) is 6.54 Å². The van der Waals surface area contributed by atoms with Gasteiger partial charge in [-0.2, -0.15) is 0 Å². The van der Waals surface area contributed by atoms with Gasteiger partial charge in [-0.3, -0.25) is 14.6 Å². The molecule has 0 radical (unpaired) electrons. The Morgan fingerprint density at radius 1 is 0.926 bits per heavy atom. The van der Waals surface area contributed by atoms with Crippen molar-refractivity contribution in [1.29, 1.82) is 0 Å². The van der Waals surface area contributed by atoms with Gasteiger partial charge in [-0.1, -0.05) is 6.07 Å². The molecule has 27 heavy (non-hydrogen) atoms. The van der Waals surface area contributed by atoms with Crippen LogP contribution in [0.2, 0.25) is 0 Å². The van der Waals surface area contributed by atoms with Gasteiger partial charge in [-0.15, -0.1) is 0 Å². The van der Waals surface area contributed by atoms with Crippen LogP contribution in [0.25, 0.3) is 0 Å². The molecule has 6 heteroatoms. The first-order chi connectivity index (χ1) is 13.2. The first-order valence-corrected chi connectivity index (χ1v) is 8.38. The standard InChI is InChI=1S/C21H19N3O3/c1-27-19-7-5-18(6-8-19)24-21(26)17-4-2-3-16(13-17)20(25)23-14-15-9-11-22-12-10-15/h2-13H,14H2,1H3,(H,23,25)(H,24,26). The van der Waals surface area contributed by atoms with Crippen molar-refractivity contribution in [3.63, 3.8) is 0 Å². The highest BCUT2D eigenvalue weighted by Gasteiger charge is 2.11. The summed E-state index contributed by atoms with van der Waals surface area (Å²) in [4.78, 5) is 28.7. The number of carbonyl (C=O) groups is 2. The van der Waals surface area contributed by atoms with Crippen LogP contribution in [0.5, 0.6) is 5.75 Å². The van der Waals surface area contributed by atoms with Crippen LogP contribution in [-0.4, -0.2) is 23.9 Å². The van der Waals surface area contributed by atoms with Crippen molar-refractivity contribution in [1.82, 2.24) is 10.3 Å². The van der Waals surface area contributed by atoms with Crippen LogP contribution in [0.1, 0.15) is 26.3 Å². The van der Waals surface area contributed by atoms with E-state index >= 15 is 0 Å². The van der Waals surface area contributed by atoms with Crippen LogP contribution in [0.4, 0.5) is 5.69 Å². The summed E-state index contributed by atoms with van der Waals surface area (Å²) >= 11 is 0. The normalized spacial score (nSPS) is 10.1. The molecule has 1 heterocycles. The summed E-state index contributed by atoms with van der Waals surface area (Å²) in [6, 6.07) is 17.3. The first-order valence-electron chi connectivity index (χ1n) is 8.38. The fraction of sp³-hybridized carbons (Fsp3) is 0.0952. The van der Waals surface area contributed by atoms with E-state index < -0.39 is 0 Å². The molecule has 0 aliphatic carbocycles. The number of methoxy groups -OCH3 is 1. The number of nitrogens with zero attached hydrogens (tertiary/aromatic N) is 1. The van der Waals surface area contributed by atoms with E-state index in [9.17, 15) is 9.59 Å². The predicted octanol–water partition coefficient (Wildman–Crippen LogP) is 3.27. The molecule has 136 valence electrons. The summed E-state index contributed by atoms with van der Waals surface area (Å²) < 4.78 is 5.10. The zero-order valence-corrected chi connectivity index (χ0v) is 14.8. The topological polar surface area (TPSA) is 80.3 Å². The van der Waals surface area contributed by atoms with Crippen LogP contribution >= 0.6 is 0 Å². The number of amides is 2. The molecule has 0 atom stereocenters. The molecule has 0 bridgehead atoms. The minimum atomic E-state index is -0.288. The second-order valence-electron chi connectivity index (χ2n) is 5.80. The zero-order chi connectivity index (χ0) is 19.1. The molecular formula is C21H19N3O3. The number of carbonyl (C=O) groups excluding carboxylic acids is 2. The molecule has 0 unspecified atom stereocenters. The van der Waals surface area contributed by atoms with Crippen LogP contribution in [0.15, 0.2) is 73.1 Å². The largest absolute Gasteiger partial charge is 0.497 e. The lowest BCUT2D eigenvalue weighted by molar-refractivity contribution is 0.0951. The molecule has 0 spiro atoms. The number of pyridine rings is 1. The smallest absolute Gasteiger partial charge is 0.255 e. The average molecular weight is 361 g/mol. The average Bonchev–Trinajstić information content (AvgIpc) is 2.73. The van der Waals surface area contributed by atoms with Crippen molar-refractivity contribution < 1.29 is 14.3 Å². The first kappa shape index (κ1) is 18.1. The third kappa shape index (κ3) is 4.92. The van der Waals surface area contributed by atoms with E-state index in [2.05, 4.69) is 15.6 Å². The van der Waals surface area contributed by atoms with E-state index in [4.69, 9.17) is 4.74 Å². The van der Waals surface area contributed by atoms with Gasteiger partial charge in [-0.05, 0) is 60.2 Å². The minimum Gasteiger partial charge on any atom is -0.497 e. The lowest BCUT2D eigenvalue weighted by Gasteiger charge is -2.09. The van der Waals surface area contributed by atoms with Gasteiger partial charge in [0.25, 0.3) is 11.8 Å². The third-order valence-corrected chi connectivity index (χ3v) is 3.94. The Kier molecular flexibility index (Phi) is 5.79. The second-order valence-corrected chi connectivity index (χ2v) is 5.80. The maximum absolute atomic E-state index is 12.4. The van der Waals surface area contributed by atoms with Gasteiger partial charge in [0, 0.05) is 35.8 Å². The number of benzene rings is 2. The highest BCUT2D eigenvalue weighted by atomic mass is 16.5. The Balaban J connectivity index is 1.64. The predicted molar refractivity (Wildman–Crippen MR) is 103 cm³/mol. The van der Waals surface area contributed by atoms with E-state index in [0.29, 0.717) is 29.1 Å². The minimum absolute atomic E-state index is 0.245. The molecule has 3 rings (SSSR count). The fourth-order valence-corrected chi connectivity index (χ4v) is 2.46. The molecule has 0 saturated heterocycles. The zero-order valence-electron chi connectivity index (χ0n) is 14.8. The van der Waals surface area contributed by atoms with Crippen LogP contribution < -0.4 is 15.4 Å². The Labute approximate surface area is 157 Å². The van der Waals surface area contributed by atoms with E-state index in [1.807, 2.05) is 12.1 Å². The Hall–Kier alpha value is -3.67. The van der Waals surface area contributed by atoms with Gasteiger partial charge in [0.1, 0.15) is 5.75 Å². The summed E-state index contributed by atoms with van der Waals surface area (Å²) in [5.74, 6) is 0.177. The SMILES string of the molecule is COc1ccc(NC(=O)c2cccc(C(=O)NCc3ccncc3)c2)cc1. The number of aromatic nitrogens is 1. The molecule has 2 amide bonds. The molecule has 2 N–H and O–H groups in total. The quantitative estimate of drug-likeness (QED) is 0.706. The third-order valence-electron chi connectivity index (χ3n) is 3.94. The summed E-state index contributed by atoms with van der Waals surface area (Å²) in [6.45, 7) is 0.392. The van der Waals surface area contributed by atoms with E-state index in [1.54, 1.807) is 68.0 Å². The molecule has 1 aromatic heterocycles. The lowest BCUT2D eigenvalue weighted by Crippen LogP contribution is -2.23. The maximum atomic E-state index is 12.4. The Morgan fingerprint density at radius 3 is 2.26 bits per heavy atom. The maximum Gasteiger partial charge on any atom is 0.255 e. The molecule has 0 aliphatic rings. The summed E-state index contributed by atoms with van der Waals surface area (Å²) in [5.41, 5.74) is 2.42. The van der Waals surface area contributed by atoms with Gasteiger partial charge < -0.3 is 15.4 Å². The molecule has 2 aromatic carbocycles. The summed E-state index contributed by atoms with van der Waals surface area (Å²) in [7, 11) is 1.58. The fourth-order valence-electron chi connectivity index (χ4n) is 2.46. The Bertz CT molecular complexity index is 925. The van der Waals surface area contributed by atoms with Gasteiger partial charge in [0.15, 0.2) is 0 Å². The molecule has 0 fully saturated rings. The van der Waals surface area contributed by atoms with Gasteiger partial charge in [0.05, 0.1) is 7.11 Å². The Morgan fingerprint density at radius 2 is 1.59 bits per heavy atom. The lowest BCUT2D eigenvalue weighted by atomic mass is 10.1. The van der Waals surface area contributed by atoms with Crippen LogP contribution in [-0.2, 0) is 6.54 Å². The molecular weight excluding hydrogens is 342 g/mol. The van der Waals surface area contributed by atoms with Crippen molar-refractivity contribution >= 4 is 17.5 Å². The molecule has 0 aliphatic heterocycles. The van der Waals surface area contributed by atoms with Crippen molar-refractivity contribution in [3.05, 3.63) is 89.7 Å². The number of hydrogen-bond acceptors (Lipinski definition) is 4.